The zero-order chi connectivity index (χ0) is 10.6. The second-order valence-electron chi connectivity index (χ2n) is 2.52. The first-order valence-corrected chi connectivity index (χ1v) is 4.15. The van der Waals surface area contributed by atoms with Gasteiger partial charge in [-0.15, -0.1) is 0 Å². The summed E-state index contributed by atoms with van der Waals surface area (Å²) in [5.74, 6) is 3.92. The van der Waals surface area contributed by atoms with Gasteiger partial charge in [0.25, 0.3) is 5.91 Å². The van der Waals surface area contributed by atoms with Gasteiger partial charge in [0.15, 0.2) is 0 Å². The van der Waals surface area contributed by atoms with E-state index in [-0.39, 0.29) is 5.02 Å². The lowest BCUT2D eigenvalue weighted by molar-refractivity contribution is -0.116. The van der Waals surface area contributed by atoms with Crippen molar-refractivity contribution in [1.82, 2.24) is 5.43 Å². The van der Waals surface area contributed by atoms with E-state index in [1.165, 1.54) is 30.4 Å². The Morgan fingerprint density at radius 3 is 2.86 bits per heavy atom. The molecule has 14 heavy (non-hydrogen) atoms. The summed E-state index contributed by atoms with van der Waals surface area (Å²) in [5.41, 5.74) is 2.55. The molecule has 1 aromatic rings. The lowest BCUT2D eigenvalue weighted by atomic mass is 10.2. The maximum Gasteiger partial charge on any atom is 0.257 e. The number of nitrogens with one attached hydrogen (secondary N) is 1. The van der Waals surface area contributed by atoms with Crippen molar-refractivity contribution in [3.63, 3.8) is 0 Å². The van der Waals surface area contributed by atoms with E-state index in [2.05, 4.69) is 0 Å². The summed E-state index contributed by atoms with van der Waals surface area (Å²) in [6, 6.07) is 4.14. The number of hydrogen-bond donors (Lipinski definition) is 2. The minimum atomic E-state index is -0.493. The number of halogens is 2. The highest BCUT2D eigenvalue weighted by atomic mass is 35.5. The van der Waals surface area contributed by atoms with Gasteiger partial charge in [0, 0.05) is 6.08 Å². The normalized spacial score (nSPS) is 10.5. The van der Waals surface area contributed by atoms with Crippen LogP contribution in [0.5, 0.6) is 0 Å². The van der Waals surface area contributed by atoms with Crippen LogP contribution in [0.15, 0.2) is 24.3 Å². The van der Waals surface area contributed by atoms with E-state index < -0.39 is 11.7 Å². The van der Waals surface area contributed by atoms with Crippen molar-refractivity contribution < 1.29 is 9.18 Å². The molecule has 1 aromatic carbocycles. The molecule has 0 aromatic heterocycles. The van der Waals surface area contributed by atoms with Gasteiger partial charge in [0.05, 0.1) is 5.02 Å². The van der Waals surface area contributed by atoms with Crippen molar-refractivity contribution in [3.8, 4) is 0 Å². The van der Waals surface area contributed by atoms with E-state index in [0.29, 0.717) is 5.56 Å². The Morgan fingerprint density at radius 1 is 1.57 bits per heavy atom. The SMILES string of the molecule is NNC(=O)/C=C/c1ccc(F)c(Cl)c1. The molecular weight excluding hydrogens is 207 g/mol. The van der Waals surface area contributed by atoms with Gasteiger partial charge in [-0.05, 0) is 23.8 Å². The van der Waals surface area contributed by atoms with Crippen LogP contribution in [0.3, 0.4) is 0 Å². The molecule has 0 bridgehead atoms. The number of benzene rings is 1. The predicted octanol–water partition coefficient (Wildman–Crippen LogP) is 1.48. The van der Waals surface area contributed by atoms with Gasteiger partial charge in [-0.3, -0.25) is 10.2 Å². The second kappa shape index (κ2) is 4.74. The zero-order valence-corrected chi connectivity index (χ0v) is 7.88. The van der Waals surface area contributed by atoms with Crippen molar-refractivity contribution in [2.45, 2.75) is 0 Å². The zero-order valence-electron chi connectivity index (χ0n) is 7.13. The van der Waals surface area contributed by atoms with Gasteiger partial charge in [-0.2, -0.15) is 0 Å². The van der Waals surface area contributed by atoms with Crippen LogP contribution in [0.2, 0.25) is 5.02 Å². The van der Waals surface area contributed by atoms with Crippen molar-refractivity contribution in [2.75, 3.05) is 0 Å². The van der Waals surface area contributed by atoms with E-state index in [9.17, 15) is 9.18 Å². The topological polar surface area (TPSA) is 55.1 Å². The molecule has 0 aliphatic heterocycles. The Balaban J connectivity index is 2.83. The number of hydrazine groups is 1. The molecule has 0 heterocycles. The van der Waals surface area contributed by atoms with Crippen molar-refractivity contribution in [3.05, 3.63) is 40.7 Å². The molecule has 0 atom stereocenters. The molecule has 3 N–H and O–H groups in total. The molecule has 0 saturated carbocycles. The molecule has 3 nitrogen and oxygen atoms in total. The quantitative estimate of drug-likeness (QED) is 0.339. The summed E-state index contributed by atoms with van der Waals surface area (Å²) in [7, 11) is 0. The first kappa shape index (κ1) is 10.7. The summed E-state index contributed by atoms with van der Waals surface area (Å²) < 4.78 is 12.7. The van der Waals surface area contributed by atoms with E-state index >= 15 is 0 Å². The Kier molecular flexibility index (Phi) is 3.62. The molecule has 5 heteroatoms. The summed E-state index contributed by atoms with van der Waals surface area (Å²) in [4.78, 5) is 10.7. The average Bonchev–Trinajstić information content (AvgIpc) is 2.19. The molecule has 0 fully saturated rings. The van der Waals surface area contributed by atoms with Gasteiger partial charge >= 0.3 is 0 Å². The Morgan fingerprint density at radius 2 is 2.29 bits per heavy atom. The lowest BCUT2D eigenvalue weighted by Gasteiger charge is -1.96. The minimum Gasteiger partial charge on any atom is -0.291 e. The van der Waals surface area contributed by atoms with Gasteiger partial charge in [0.1, 0.15) is 5.82 Å². The van der Waals surface area contributed by atoms with Crippen LogP contribution >= 0.6 is 11.6 Å². The third-order valence-corrected chi connectivity index (χ3v) is 1.80. The predicted molar refractivity (Wildman–Crippen MR) is 52.8 cm³/mol. The summed E-state index contributed by atoms with van der Waals surface area (Å²) >= 11 is 5.53. The monoisotopic (exact) mass is 214 g/mol. The third-order valence-electron chi connectivity index (χ3n) is 1.51. The fraction of sp³-hybridized carbons (Fsp3) is 0. The van der Waals surface area contributed by atoms with Crippen LogP contribution < -0.4 is 11.3 Å². The van der Waals surface area contributed by atoms with Crippen LogP contribution in [-0.4, -0.2) is 5.91 Å². The molecule has 0 spiro atoms. The van der Waals surface area contributed by atoms with Crippen molar-refractivity contribution >= 4 is 23.6 Å². The Bertz CT molecular complexity index is 379. The van der Waals surface area contributed by atoms with Gasteiger partial charge in [-0.25, -0.2) is 10.2 Å². The highest BCUT2D eigenvalue weighted by molar-refractivity contribution is 6.30. The van der Waals surface area contributed by atoms with E-state index in [1.807, 2.05) is 5.43 Å². The maximum atomic E-state index is 12.7. The highest BCUT2D eigenvalue weighted by Gasteiger charge is 1.98. The molecule has 0 radical (unpaired) electrons. The van der Waals surface area contributed by atoms with Gasteiger partial charge < -0.3 is 0 Å². The third kappa shape index (κ3) is 2.83. The molecule has 1 amide bonds. The number of carbonyl (C=O) groups excluding carboxylic acids is 1. The minimum absolute atomic E-state index is 0.0142. The lowest BCUT2D eigenvalue weighted by Crippen LogP contribution is -2.27. The molecule has 0 aliphatic rings. The van der Waals surface area contributed by atoms with Crippen LogP contribution in [-0.2, 0) is 4.79 Å². The molecule has 1 rings (SSSR count). The highest BCUT2D eigenvalue weighted by Crippen LogP contribution is 2.16. The molecule has 74 valence electrons. The number of nitrogens with two attached hydrogens (primary N) is 1. The number of hydrogen-bond acceptors (Lipinski definition) is 2. The summed E-state index contributed by atoms with van der Waals surface area (Å²) in [6.45, 7) is 0. The van der Waals surface area contributed by atoms with Gasteiger partial charge in [0.2, 0.25) is 0 Å². The van der Waals surface area contributed by atoms with Gasteiger partial charge in [-0.1, -0.05) is 17.7 Å². The van der Waals surface area contributed by atoms with Crippen molar-refractivity contribution in [2.24, 2.45) is 5.84 Å². The van der Waals surface area contributed by atoms with Crippen LogP contribution in [0.4, 0.5) is 4.39 Å². The standard InChI is InChI=1S/C9H8ClFN2O/c10-7-5-6(1-3-8(7)11)2-4-9(14)13-12/h1-5H,12H2,(H,13,14)/b4-2+. The maximum absolute atomic E-state index is 12.7. The van der Waals surface area contributed by atoms with Crippen molar-refractivity contribution in [1.29, 1.82) is 0 Å². The van der Waals surface area contributed by atoms with E-state index in [4.69, 9.17) is 17.4 Å². The second-order valence-corrected chi connectivity index (χ2v) is 2.92. The largest absolute Gasteiger partial charge is 0.291 e. The fourth-order valence-electron chi connectivity index (χ4n) is 0.836. The Labute approximate surface area is 85.3 Å². The first-order chi connectivity index (χ1) is 6.63. The molecule has 0 saturated heterocycles. The van der Waals surface area contributed by atoms with E-state index in [1.54, 1.807) is 0 Å². The number of amides is 1. The molecule has 0 aliphatic carbocycles. The van der Waals surface area contributed by atoms with Crippen LogP contribution in [0.1, 0.15) is 5.56 Å². The summed E-state index contributed by atoms with van der Waals surface area (Å²) in [6.07, 6.45) is 2.71. The average molecular weight is 215 g/mol. The molecule has 0 unspecified atom stereocenters. The number of rotatable bonds is 2. The Hall–Kier alpha value is -1.39. The fourth-order valence-corrected chi connectivity index (χ4v) is 1.03. The smallest absolute Gasteiger partial charge is 0.257 e. The van der Waals surface area contributed by atoms with Crippen LogP contribution in [0, 0.1) is 5.82 Å². The van der Waals surface area contributed by atoms with E-state index in [0.717, 1.165) is 0 Å². The summed E-state index contributed by atoms with van der Waals surface area (Å²) in [5, 5.41) is 0.0142. The first-order valence-electron chi connectivity index (χ1n) is 3.77. The molecular formula is C9H8ClFN2O. The number of carbonyl (C=O) groups is 1. The van der Waals surface area contributed by atoms with Crippen LogP contribution in [0.25, 0.3) is 6.08 Å².